The minimum Gasteiger partial charge on any atom is -0.396 e. The molecule has 0 radical (unpaired) electrons. The van der Waals surface area contributed by atoms with Gasteiger partial charge in [0.25, 0.3) is 0 Å². The lowest BCUT2D eigenvalue weighted by Crippen LogP contribution is -2.17. The normalized spacial score (nSPS) is 11.4. The first-order chi connectivity index (χ1) is 14.9. The topological polar surface area (TPSA) is 52.5 Å². The largest absolute Gasteiger partial charge is 0.396 e. The van der Waals surface area contributed by atoms with E-state index in [0.29, 0.717) is 13.2 Å². The van der Waals surface area contributed by atoms with Crippen LogP contribution in [0.1, 0.15) is 148 Å². The first-order valence-electron chi connectivity index (χ1n) is 13.8. The van der Waals surface area contributed by atoms with E-state index < -0.39 is 0 Å². The first-order valence-corrected chi connectivity index (χ1v) is 13.8. The van der Waals surface area contributed by atoms with Gasteiger partial charge in [-0.2, -0.15) is 0 Å². The number of hydrogen-bond acceptors (Lipinski definition) is 3. The molecule has 0 aliphatic heterocycles. The third-order valence-corrected chi connectivity index (χ3v) is 6.27. The Kier molecular flexibility index (Phi) is 28.8. The standard InChI is InChI=1S/C27H57NO2/c29-26-22-20-18-16-14-12-10-8-6-4-2-1-3-5-7-9-11-13-15-17-19-21-24-28-25-23-27-30/h28-30H,1-27H2. The molecular weight excluding hydrogens is 370 g/mol. The van der Waals surface area contributed by atoms with Crippen LogP contribution in [-0.2, 0) is 0 Å². The van der Waals surface area contributed by atoms with Gasteiger partial charge in [-0.15, -0.1) is 0 Å². The molecule has 0 fully saturated rings. The van der Waals surface area contributed by atoms with E-state index in [0.717, 1.165) is 25.9 Å². The zero-order valence-electron chi connectivity index (χ0n) is 20.5. The lowest BCUT2D eigenvalue weighted by Gasteiger charge is -2.05. The predicted octanol–water partition coefficient (Wildman–Crippen LogP) is 7.53. The second kappa shape index (κ2) is 28.9. The van der Waals surface area contributed by atoms with Crippen LogP contribution in [0.5, 0.6) is 0 Å². The SMILES string of the molecule is OCCCCCCCCCCCCCCCCCCCCCCCCNCCCO. The van der Waals surface area contributed by atoms with Crippen molar-refractivity contribution in [2.24, 2.45) is 0 Å². The summed E-state index contributed by atoms with van der Waals surface area (Å²) in [6, 6.07) is 0. The van der Waals surface area contributed by atoms with Crippen molar-refractivity contribution in [1.29, 1.82) is 0 Å². The van der Waals surface area contributed by atoms with E-state index in [1.165, 1.54) is 135 Å². The van der Waals surface area contributed by atoms with Crippen LogP contribution < -0.4 is 5.32 Å². The summed E-state index contributed by atoms with van der Waals surface area (Å²) in [5.74, 6) is 0. The van der Waals surface area contributed by atoms with Crippen molar-refractivity contribution in [3.63, 3.8) is 0 Å². The highest BCUT2D eigenvalue weighted by Crippen LogP contribution is 2.15. The van der Waals surface area contributed by atoms with Crippen LogP contribution in [0.3, 0.4) is 0 Å². The van der Waals surface area contributed by atoms with Crippen LogP contribution in [0.2, 0.25) is 0 Å². The molecule has 0 aromatic carbocycles. The Morgan fingerprint density at radius 3 is 0.800 bits per heavy atom. The number of rotatable bonds is 27. The van der Waals surface area contributed by atoms with Crippen LogP contribution in [-0.4, -0.2) is 36.5 Å². The highest BCUT2D eigenvalue weighted by atomic mass is 16.3. The average Bonchev–Trinajstić information content (AvgIpc) is 2.76. The average molecular weight is 428 g/mol. The van der Waals surface area contributed by atoms with E-state index in [-0.39, 0.29) is 0 Å². The molecule has 0 rings (SSSR count). The van der Waals surface area contributed by atoms with Gasteiger partial charge in [-0.05, 0) is 32.4 Å². The molecule has 0 aliphatic rings. The van der Waals surface area contributed by atoms with Crippen LogP contribution >= 0.6 is 0 Å². The summed E-state index contributed by atoms with van der Waals surface area (Å²) in [7, 11) is 0. The number of hydrogen-bond donors (Lipinski definition) is 3. The maximum absolute atomic E-state index is 8.75. The Bertz CT molecular complexity index is 258. The number of nitrogens with one attached hydrogen (secondary N) is 1. The molecule has 3 heteroatoms. The highest BCUT2D eigenvalue weighted by Gasteiger charge is 1.96. The van der Waals surface area contributed by atoms with Gasteiger partial charge in [0.1, 0.15) is 0 Å². The fourth-order valence-electron chi connectivity index (χ4n) is 4.23. The van der Waals surface area contributed by atoms with Gasteiger partial charge in [0, 0.05) is 13.2 Å². The monoisotopic (exact) mass is 427 g/mol. The summed E-state index contributed by atoms with van der Waals surface area (Å²) in [6.07, 6.45) is 31.4. The van der Waals surface area contributed by atoms with Gasteiger partial charge in [-0.1, -0.05) is 128 Å². The van der Waals surface area contributed by atoms with E-state index >= 15 is 0 Å². The quantitative estimate of drug-likeness (QED) is 0.119. The lowest BCUT2D eigenvalue weighted by atomic mass is 10.0. The highest BCUT2D eigenvalue weighted by molar-refractivity contribution is 4.52. The van der Waals surface area contributed by atoms with E-state index in [1.54, 1.807) is 0 Å². The van der Waals surface area contributed by atoms with Crippen molar-refractivity contribution in [3.8, 4) is 0 Å². The molecule has 0 atom stereocenters. The Balaban J connectivity index is 2.97. The number of aliphatic hydroxyl groups is 2. The molecule has 182 valence electrons. The van der Waals surface area contributed by atoms with Crippen molar-refractivity contribution < 1.29 is 10.2 Å². The third-order valence-electron chi connectivity index (χ3n) is 6.27. The van der Waals surface area contributed by atoms with Gasteiger partial charge >= 0.3 is 0 Å². The summed E-state index contributed by atoms with van der Waals surface area (Å²) in [5.41, 5.74) is 0. The van der Waals surface area contributed by atoms with Crippen molar-refractivity contribution in [1.82, 2.24) is 5.32 Å². The molecule has 0 unspecified atom stereocenters. The summed E-state index contributed by atoms with van der Waals surface area (Å²) < 4.78 is 0. The summed E-state index contributed by atoms with van der Waals surface area (Å²) in [6.45, 7) is 2.76. The summed E-state index contributed by atoms with van der Waals surface area (Å²) in [4.78, 5) is 0. The second-order valence-corrected chi connectivity index (χ2v) is 9.33. The zero-order valence-corrected chi connectivity index (χ0v) is 20.5. The third kappa shape index (κ3) is 27.9. The molecule has 0 heterocycles. The fraction of sp³-hybridized carbons (Fsp3) is 1.00. The summed E-state index contributed by atoms with van der Waals surface area (Å²) in [5, 5.41) is 20.8. The van der Waals surface area contributed by atoms with Gasteiger partial charge in [-0.25, -0.2) is 0 Å². The van der Waals surface area contributed by atoms with E-state index in [4.69, 9.17) is 10.2 Å². The molecule has 0 amide bonds. The van der Waals surface area contributed by atoms with Gasteiger partial charge in [0.05, 0.1) is 0 Å². The van der Waals surface area contributed by atoms with Gasteiger partial charge < -0.3 is 15.5 Å². The molecule has 0 aliphatic carbocycles. The Labute approximate surface area is 189 Å². The Morgan fingerprint density at radius 2 is 0.500 bits per heavy atom. The van der Waals surface area contributed by atoms with E-state index in [9.17, 15) is 0 Å². The van der Waals surface area contributed by atoms with Crippen molar-refractivity contribution in [2.75, 3.05) is 26.3 Å². The van der Waals surface area contributed by atoms with E-state index in [2.05, 4.69) is 5.32 Å². The number of aliphatic hydroxyl groups excluding tert-OH is 2. The smallest absolute Gasteiger partial charge is 0.0443 e. The molecule has 0 bridgehead atoms. The molecule has 30 heavy (non-hydrogen) atoms. The van der Waals surface area contributed by atoms with E-state index in [1.807, 2.05) is 0 Å². The molecule has 0 saturated carbocycles. The molecule has 0 aromatic heterocycles. The Morgan fingerprint density at radius 1 is 0.267 bits per heavy atom. The molecule has 3 nitrogen and oxygen atoms in total. The van der Waals surface area contributed by atoms with Crippen molar-refractivity contribution in [3.05, 3.63) is 0 Å². The van der Waals surface area contributed by atoms with Crippen molar-refractivity contribution in [2.45, 2.75) is 148 Å². The molecule has 0 aromatic rings. The molecule has 3 N–H and O–H groups in total. The minimum atomic E-state index is 0.307. The predicted molar refractivity (Wildman–Crippen MR) is 133 cm³/mol. The fourth-order valence-corrected chi connectivity index (χ4v) is 4.23. The Hall–Kier alpha value is -0.120. The van der Waals surface area contributed by atoms with Crippen LogP contribution in [0.4, 0.5) is 0 Å². The molecule has 0 spiro atoms. The van der Waals surface area contributed by atoms with Gasteiger partial charge in [0.15, 0.2) is 0 Å². The molecular formula is C27H57NO2. The lowest BCUT2D eigenvalue weighted by molar-refractivity contribution is 0.282. The van der Waals surface area contributed by atoms with Gasteiger partial charge in [0.2, 0.25) is 0 Å². The maximum Gasteiger partial charge on any atom is 0.0443 e. The van der Waals surface area contributed by atoms with Crippen molar-refractivity contribution >= 4 is 0 Å². The maximum atomic E-state index is 8.75. The second-order valence-electron chi connectivity index (χ2n) is 9.33. The molecule has 0 saturated heterocycles. The van der Waals surface area contributed by atoms with Crippen LogP contribution in [0, 0.1) is 0 Å². The number of unbranched alkanes of at least 4 members (excludes halogenated alkanes) is 21. The van der Waals surface area contributed by atoms with Crippen LogP contribution in [0.25, 0.3) is 0 Å². The van der Waals surface area contributed by atoms with Crippen LogP contribution in [0.15, 0.2) is 0 Å². The minimum absolute atomic E-state index is 0.307. The zero-order chi connectivity index (χ0) is 21.8. The van der Waals surface area contributed by atoms with Gasteiger partial charge in [-0.3, -0.25) is 0 Å². The summed E-state index contributed by atoms with van der Waals surface area (Å²) >= 11 is 0. The first kappa shape index (κ1) is 29.9.